The molecule has 1 aliphatic carbocycles. The quantitative estimate of drug-likeness (QED) is 0.853. The van der Waals surface area contributed by atoms with Gasteiger partial charge in [-0.2, -0.15) is 0 Å². The van der Waals surface area contributed by atoms with Gasteiger partial charge in [-0.05, 0) is 67.1 Å². The third-order valence-corrected chi connectivity index (χ3v) is 4.92. The van der Waals surface area contributed by atoms with Crippen molar-refractivity contribution in [3.63, 3.8) is 0 Å². The van der Waals surface area contributed by atoms with E-state index in [1.807, 2.05) is 16.8 Å². The minimum Gasteiger partial charge on any atom is -0.343 e. The first-order chi connectivity index (χ1) is 10.2. The van der Waals surface area contributed by atoms with Gasteiger partial charge in [-0.15, -0.1) is 0 Å². The van der Waals surface area contributed by atoms with E-state index in [0.29, 0.717) is 6.04 Å². The van der Waals surface area contributed by atoms with Gasteiger partial charge in [-0.1, -0.05) is 0 Å². The van der Waals surface area contributed by atoms with Crippen LogP contribution >= 0.6 is 15.9 Å². The highest BCUT2D eigenvalue weighted by Crippen LogP contribution is 2.30. The van der Waals surface area contributed by atoms with Crippen LogP contribution in [0.1, 0.15) is 43.1 Å². The molecule has 1 atom stereocenters. The van der Waals surface area contributed by atoms with E-state index in [1.54, 1.807) is 0 Å². The fraction of sp³-hybridized carbons (Fsp3) is 0.688. The minimum absolute atomic E-state index is 0.183. The number of aromatic nitrogens is 1. The van der Waals surface area contributed by atoms with Crippen LogP contribution in [0.15, 0.2) is 16.7 Å². The number of amides is 1. The van der Waals surface area contributed by atoms with Crippen molar-refractivity contribution < 1.29 is 4.79 Å². The number of nitrogens with one attached hydrogen (secondary N) is 1. The maximum absolute atomic E-state index is 12.9. The molecule has 5 heteroatoms. The van der Waals surface area contributed by atoms with Gasteiger partial charge < -0.3 is 14.8 Å². The maximum atomic E-state index is 12.9. The second-order valence-electron chi connectivity index (χ2n) is 6.28. The van der Waals surface area contributed by atoms with Crippen LogP contribution in [0.3, 0.4) is 0 Å². The van der Waals surface area contributed by atoms with Crippen LogP contribution in [0.4, 0.5) is 0 Å². The van der Waals surface area contributed by atoms with Gasteiger partial charge in [-0.25, -0.2) is 0 Å². The molecule has 1 N–H and O–H groups in total. The van der Waals surface area contributed by atoms with E-state index in [9.17, 15) is 4.79 Å². The minimum atomic E-state index is 0.183. The zero-order valence-corrected chi connectivity index (χ0v) is 14.2. The standard InChI is InChI=1S/C16H24BrN3O/c1-2-19-10-13(17)8-15(19)16(21)20(9-12-5-6-12)11-14-4-3-7-18-14/h8,10,12,14,18H,2-7,9,11H2,1H3. The molecule has 1 amide bonds. The Morgan fingerprint density at radius 1 is 1.43 bits per heavy atom. The Labute approximate surface area is 135 Å². The molecule has 2 fully saturated rings. The van der Waals surface area contributed by atoms with Crippen LogP contribution < -0.4 is 5.32 Å². The van der Waals surface area contributed by atoms with Crippen molar-refractivity contribution in [1.29, 1.82) is 0 Å². The fourth-order valence-electron chi connectivity index (χ4n) is 3.11. The van der Waals surface area contributed by atoms with Gasteiger partial charge in [0, 0.05) is 36.3 Å². The number of hydrogen-bond acceptors (Lipinski definition) is 2. The fourth-order valence-corrected chi connectivity index (χ4v) is 3.57. The summed E-state index contributed by atoms with van der Waals surface area (Å²) in [6.45, 7) is 5.76. The summed E-state index contributed by atoms with van der Waals surface area (Å²) in [6.07, 6.45) is 6.97. The first-order valence-corrected chi connectivity index (χ1v) is 8.85. The van der Waals surface area contributed by atoms with Gasteiger partial charge in [0.15, 0.2) is 0 Å². The largest absolute Gasteiger partial charge is 0.343 e. The lowest BCUT2D eigenvalue weighted by Crippen LogP contribution is -2.42. The molecule has 1 unspecified atom stereocenters. The first kappa shape index (κ1) is 15.1. The Hall–Kier alpha value is -0.810. The van der Waals surface area contributed by atoms with Gasteiger partial charge in [0.25, 0.3) is 5.91 Å². The third kappa shape index (κ3) is 3.69. The second-order valence-corrected chi connectivity index (χ2v) is 7.19. The van der Waals surface area contributed by atoms with Crippen molar-refractivity contribution in [3.8, 4) is 0 Å². The number of carbonyl (C=O) groups excluding carboxylic acids is 1. The summed E-state index contributed by atoms with van der Waals surface area (Å²) >= 11 is 3.49. The Morgan fingerprint density at radius 2 is 2.24 bits per heavy atom. The summed E-state index contributed by atoms with van der Waals surface area (Å²) in [6, 6.07) is 2.43. The molecule has 4 nitrogen and oxygen atoms in total. The number of nitrogens with zero attached hydrogens (tertiary/aromatic N) is 2. The molecule has 1 aromatic heterocycles. The van der Waals surface area contributed by atoms with Crippen LogP contribution in [0.25, 0.3) is 0 Å². The van der Waals surface area contributed by atoms with Gasteiger partial charge in [-0.3, -0.25) is 4.79 Å². The Kier molecular flexibility index (Phi) is 4.69. The van der Waals surface area contributed by atoms with Crippen LogP contribution in [0.5, 0.6) is 0 Å². The third-order valence-electron chi connectivity index (χ3n) is 4.49. The summed E-state index contributed by atoms with van der Waals surface area (Å²) in [4.78, 5) is 15.0. The lowest BCUT2D eigenvalue weighted by Gasteiger charge is -2.26. The van der Waals surface area contributed by atoms with E-state index in [4.69, 9.17) is 0 Å². The SMILES string of the molecule is CCn1cc(Br)cc1C(=O)N(CC1CC1)CC1CCCN1. The average Bonchev–Trinajstić information content (AvgIpc) is 2.99. The molecule has 3 rings (SSSR count). The first-order valence-electron chi connectivity index (χ1n) is 8.05. The molecule has 1 aromatic rings. The summed E-state index contributed by atoms with van der Waals surface area (Å²) in [5.74, 6) is 0.909. The maximum Gasteiger partial charge on any atom is 0.270 e. The number of rotatable bonds is 6. The zero-order valence-electron chi connectivity index (χ0n) is 12.6. The van der Waals surface area contributed by atoms with E-state index in [0.717, 1.165) is 42.3 Å². The predicted octanol–water partition coefficient (Wildman–Crippen LogP) is 2.87. The zero-order chi connectivity index (χ0) is 14.8. The molecule has 0 bridgehead atoms. The van der Waals surface area contributed by atoms with Crippen LogP contribution in [0.2, 0.25) is 0 Å². The van der Waals surface area contributed by atoms with Crippen LogP contribution in [-0.2, 0) is 6.54 Å². The lowest BCUT2D eigenvalue weighted by atomic mass is 10.2. The van der Waals surface area contributed by atoms with Crippen molar-refractivity contribution in [2.75, 3.05) is 19.6 Å². The molecule has 1 saturated carbocycles. The molecule has 2 heterocycles. The van der Waals surface area contributed by atoms with E-state index < -0.39 is 0 Å². The monoisotopic (exact) mass is 353 g/mol. The van der Waals surface area contributed by atoms with E-state index >= 15 is 0 Å². The number of aryl methyl sites for hydroxylation is 1. The highest BCUT2D eigenvalue weighted by molar-refractivity contribution is 9.10. The Bertz CT molecular complexity index is 504. The highest BCUT2D eigenvalue weighted by Gasteiger charge is 2.30. The van der Waals surface area contributed by atoms with Gasteiger partial charge in [0.1, 0.15) is 5.69 Å². The molecule has 1 saturated heterocycles. The number of hydrogen-bond donors (Lipinski definition) is 1. The van der Waals surface area contributed by atoms with Crippen molar-refractivity contribution in [2.45, 2.75) is 45.2 Å². The van der Waals surface area contributed by atoms with Crippen LogP contribution in [0, 0.1) is 5.92 Å². The van der Waals surface area contributed by atoms with E-state index in [2.05, 4.69) is 33.1 Å². The number of halogens is 1. The van der Waals surface area contributed by atoms with Crippen molar-refractivity contribution in [1.82, 2.24) is 14.8 Å². The average molecular weight is 354 g/mol. The predicted molar refractivity (Wildman–Crippen MR) is 87.5 cm³/mol. The highest BCUT2D eigenvalue weighted by atomic mass is 79.9. The van der Waals surface area contributed by atoms with Crippen LogP contribution in [-0.4, -0.2) is 41.1 Å². The van der Waals surface area contributed by atoms with Crippen molar-refractivity contribution in [3.05, 3.63) is 22.4 Å². The topological polar surface area (TPSA) is 37.3 Å². The molecule has 0 radical (unpaired) electrons. The molecular weight excluding hydrogens is 330 g/mol. The van der Waals surface area contributed by atoms with Gasteiger partial charge in [0.05, 0.1) is 0 Å². The number of carbonyl (C=O) groups is 1. The summed E-state index contributed by atoms with van der Waals surface area (Å²) in [7, 11) is 0. The molecule has 0 aromatic carbocycles. The molecule has 21 heavy (non-hydrogen) atoms. The van der Waals surface area contributed by atoms with Crippen molar-refractivity contribution >= 4 is 21.8 Å². The Morgan fingerprint density at radius 3 is 2.86 bits per heavy atom. The lowest BCUT2D eigenvalue weighted by molar-refractivity contribution is 0.0723. The van der Waals surface area contributed by atoms with E-state index in [1.165, 1.54) is 25.7 Å². The van der Waals surface area contributed by atoms with Gasteiger partial charge >= 0.3 is 0 Å². The summed E-state index contributed by atoms with van der Waals surface area (Å²) in [5, 5.41) is 3.51. The molecule has 2 aliphatic rings. The summed E-state index contributed by atoms with van der Waals surface area (Å²) in [5.41, 5.74) is 0.808. The normalized spacial score (nSPS) is 21.7. The van der Waals surface area contributed by atoms with E-state index in [-0.39, 0.29) is 5.91 Å². The Balaban J connectivity index is 1.74. The molecule has 1 aliphatic heterocycles. The van der Waals surface area contributed by atoms with Crippen molar-refractivity contribution in [2.24, 2.45) is 5.92 Å². The summed E-state index contributed by atoms with van der Waals surface area (Å²) < 4.78 is 3.02. The molecule has 0 spiro atoms. The molecule has 116 valence electrons. The molecular formula is C16H24BrN3O. The smallest absolute Gasteiger partial charge is 0.270 e. The van der Waals surface area contributed by atoms with Gasteiger partial charge in [0.2, 0.25) is 0 Å². The second kappa shape index (κ2) is 6.53.